The van der Waals surface area contributed by atoms with E-state index in [2.05, 4.69) is 10.6 Å². The molecule has 0 bridgehead atoms. The van der Waals surface area contributed by atoms with Crippen LogP contribution >= 0.6 is 0 Å². The number of rotatable bonds is 8. The first-order valence-electron chi connectivity index (χ1n) is 7.65. The summed E-state index contributed by atoms with van der Waals surface area (Å²) in [5, 5.41) is 15.5. The predicted molar refractivity (Wildman–Crippen MR) is 88.3 cm³/mol. The van der Waals surface area contributed by atoms with Gasteiger partial charge < -0.3 is 25.0 Å². The standard InChI is InChI=1S/C17H23N3O3/c1-20-12-5-8-15(20)16(21)9-10-18-17(22)19-11-13-23-14-6-3-2-4-7-14/h2-8,12,16,21H,9-11,13H2,1H3,(H2,18,19,22)/t16-/m1/s1. The third kappa shape index (κ3) is 5.67. The van der Waals surface area contributed by atoms with Crippen molar-refractivity contribution in [1.82, 2.24) is 15.2 Å². The van der Waals surface area contributed by atoms with Crippen molar-refractivity contribution in [3.8, 4) is 5.75 Å². The number of urea groups is 1. The quantitative estimate of drug-likeness (QED) is 0.650. The van der Waals surface area contributed by atoms with Gasteiger partial charge in [-0.3, -0.25) is 0 Å². The van der Waals surface area contributed by atoms with Crippen LogP contribution in [-0.2, 0) is 7.05 Å². The molecule has 2 aromatic rings. The number of ether oxygens (including phenoxy) is 1. The van der Waals surface area contributed by atoms with E-state index in [1.807, 2.05) is 60.3 Å². The maximum Gasteiger partial charge on any atom is 0.314 e. The minimum absolute atomic E-state index is 0.263. The average molecular weight is 317 g/mol. The lowest BCUT2D eigenvalue weighted by Crippen LogP contribution is -2.38. The maximum atomic E-state index is 11.6. The molecular weight excluding hydrogens is 294 g/mol. The van der Waals surface area contributed by atoms with Crippen molar-refractivity contribution in [3.63, 3.8) is 0 Å². The van der Waals surface area contributed by atoms with Gasteiger partial charge in [0.2, 0.25) is 0 Å². The number of hydrogen-bond acceptors (Lipinski definition) is 3. The third-order valence-electron chi connectivity index (χ3n) is 3.43. The first-order chi connectivity index (χ1) is 11.2. The van der Waals surface area contributed by atoms with E-state index in [1.54, 1.807) is 0 Å². The highest BCUT2D eigenvalue weighted by Gasteiger charge is 2.10. The predicted octanol–water partition coefficient (Wildman–Crippen LogP) is 1.83. The van der Waals surface area contributed by atoms with Crippen LogP contribution in [0.3, 0.4) is 0 Å². The number of nitrogens with one attached hydrogen (secondary N) is 2. The van der Waals surface area contributed by atoms with Gasteiger partial charge in [0, 0.05) is 25.5 Å². The summed E-state index contributed by atoms with van der Waals surface area (Å²) in [6.45, 7) is 1.22. The molecule has 2 amide bonds. The van der Waals surface area contributed by atoms with Crippen LogP contribution in [0, 0.1) is 0 Å². The van der Waals surface area contributed by atoms with Crippen LogP contribution < -0.4 is 15.4 Å². The number of aryl methyl sites for hydroxylation is 1. The Morgan fingerprint density at radius 2 is 1.91 bits per heavy atom. The molecule has 0 fully saturated rings. The number of carbonyl (C=O) groups excluding carboxylic acids is 1. The molecule has 1 heterocycles. The second-order valence-corrected chi connectivity index (χ2v) is 5.19. The van der Waals surface area contributed by atoms with Gasteiger partial charge in [-0.15, -0.1) is 0 Å². The van der Waals surface area contributed by atoms with Crippen molar-refractivity contribution in [2.75, 3.05) is 19.7 Å². The largest absolute Gasteiger partial charge is 0.492 e. The van der Waals surface area contributed by atoms with Crippen LogP contribution in [-0.4, -0.2) is 35.4 Å². The molecule has 1 aromatic heterocycles. The molecule has 124 valence electrons. The number of aromatic nitrogens is 1. The zero-order valence-corrected chi connectivity index (χ0v) is 13.2. The number of nitrogens with zero attached hydrogens (tertiary/aromatic N) is 1. The molecule has 6 nitrogen and oxygen atoms in total. The summed E-state index contributed by atoms with van der Waals surface area (Å²) in [6, 6.07) is 12.9. The minimum Gasteiger partial charge on any atom is -0.492 e. The number of para-hydroxylation sites is 1. The maximum absolute atomic E-state index is 11.6. The molecule has 23 heavy (non-hydrogen) atoms. The van der Waals surface area contributed by atoms with Gasteiger partial charge in [-0.25, -0.2) is 4.79 Å². The van der Waals surface area contributed by atoms with Gasteiger partial charge in [-0.1, -0.05) is 18.2 Å². The smallest absolute Gasteiger partial charge is 0.314 e. The van der Waals surface area contributed by atoms with Gasteiger partial charge in [0.25, 0.3) is 0 Å². The Kier molecular flexibility index (Phi) is 6.50. The summed E-state index contributed by atoms with van der Waals surface area (Å²) >= 11 is 0. The molecule has 0 aliphatic heterocycles. The van der Waals surface area contributed by atoms with Gasteiger partial charge in [0.1, 0.15) is 12.4 Å². The van der Waals surface area contributed by atoms with Crippen LogP contribution in [0.1, 0.15) is 18.2 Å². The summed E-state index contributed by atoms with van der Waals surface area (Å²) in [4.78, 5) is 11.6. The van der Waals surface area contributed by atoms with Crippen LogP contribution in [0.2, 0.25) is 0 Å². The number of hydrogen-bond donors (Lipinski definition) is 3. The van der Waals surface area contributed by atoms with E-state index in [4.69, 9.17) is 4.74 Å². The van der Waals surface area contributed by atoms with Crippen molar-refractivity contribution in [2.24, 2.45) is 7.05 Å². The number of benzene rings is 1. The van der Waals surface area contributed by atoms with Crippen molar-refractivity contribution < 1.29 is 14.6 Å². The highest BCUT2D eigenvalue weighted by atomic mass is 16.5. The lowest BCUT2D eigenvalue weighted by molar-refractivity contribution is 0.159. The molecule has 0 saturated carbocycles. The van der Waals surface area contributed by atoms with E-state index in [-0.39, 0.29) is 6.03 Å². The van der Waals surface area contributed by atoms with Crippen molar-refractivity contribution in [1.29, 1.82) is 0 Å². The SMILES string of the molecule is Cn1cccc1[C@H](O)CCNC(=O)NCCOc1ccccc1. The van der Waals surface area contributed by atoms with Gasteiger partial charge >= 0.3 is 6.03 Å². The van der Waals surface area contributed by atoms with Crippen molar-refractivity contribution >= 4 is 6.03 Å². The zero-order valence-electron chi connectivity index (χ0n) is 13.2. The molecule has 2 rings (SSSR count). The molecule has 1 atom stereocenters. The van der Waals surface area contributed by atoms with Gasteiger partial charge in [-0.05, 0) is 30.7 Å². The molecule has 0 aliphatic rings. The topological polar surface area (TPSA) is 75.5 Å². The Labute approximate surface area is 136 Å². The Morgan fingerprint density at radius 3 is 2.61 bits per heavy atom. The van der Waals surface area contributed by atoms with Gasteiger partial charge in [0.15, 0.2) is 0 Å². The first kappa shape index (κ1) is 16.9. The molecule has 0 aliphatic carbocycles. The second kappa shape index (κ2) is 8.85. The molecular formula is C17H23N3O3. The van der Waals surface area contributed by atoms with Gasteiger partial charge in [-0.2, -0.15) is 0 Å². The second-order valence-electron chi connectivity index (χ2n) is 5.19. The minimum atomic E-state index is -0.586. The van der Waals surface area contributed by atoms with E-state index < -0.39 is 6.10 Å². The number of amides is 2. The van der Waals surface area contributed by atoms with Gasteiger partial charge in [0.05, 0.1) is 12.6 Å². The molecule has 0 saturated heterocycles. The highest BCUT2D eigenvalue weighted by Crippen LogP contribution is 2.15. The van der Waals surface area contributed by atoms with E-state index in [1.165, 1.54) is 0 Å². The van der Waals surface area contributed by atoms with Crippen LogP contribution in [0.4, 0.5) is 4.79 Å². The Hall–Kier alpha value is -2.47. The fourth-order valence-corrected chi connectivity index (χ4v) is 2.20. The Bertz CT molecular complexity index is 598. The highest BCUT2D eigenvalue weighted by molar-refractivity contribution is 5.73. The molecule has 1 aromatic carbocycles. The molecule has 0 unspecified atom stereocenters. The Balaban J connectivity index is 1.56. The monoisotopic (exact) mass is 317 g/mol. The third-order valence-corrected chi connectivity index (χ3v) is 3.43. The first-order valence-corrected chi connectivity index (χ1v) is 7.65. The number of aliphatic hydroxyl groups excluding tert-OH is 1. The summed E-state index contributed by atoms with van der Waals surface area (Å²) < 4.78 is 7.34. The number of carbonyl (C=O) groups is 1. The molecule has 6 heteroatoms. The van der Waals surface area contributed by atoms with Crippen molar-refractivity contribution in [2.45, 2.75) is 12.5 Å². The summed E-state index contributed by atoms with van der Waals surface area (Å²) in [6.07, 6.45) is 1.76. The normalized spacial score (nSPS) is 11.7. The lowest BCUT2D eigenvalue weighted by atomic mass is 10.2. The summed E-state index contributed by atoms with van der Waals surface area (Å²) in [7, 11) is 1.88. The molecule has 0 spiro atoms. The lowest BCUT2D eigenvalue weighted by Gasteiger charge is -2.13. The number of aliphatic hydroxyl groups is 1. The van der Waals surface area contributed by atoms with Crippen LogP contribution in [0.25, 0.3) is 0 Å². The van der Waals surface area contributed by atoms with Crippen LogP contribution in [0.15, 0.2) is 48.7 Å². The average Bonchev–Trinajstić information content (AvgIpc) is 2.99. The van der Waals surface area contributed by atoms with E-state index in [0.29, 0.717) is 26.1 Å². The van der Waals surface area contributed by atoms with E-state index >= 15 is 0 Å². The van der Waals surface area contributed by atoms with Crippen molar-refractivity contribution in [3.05, 3.63) is 54.4 Å². The Morgan fingerprint density at radius 1 is 1.17 bits per heavy atom. The van der Waals surface area contributed by atoms with E-state index in [9.17, 15) is 9.90 Å². The zero-order chi connectivity index (χ0) is 16.5. The van der Waals surface area contributed by atoms with E-state index in [0.717, 1.165) is 11.4 Å². The fourth-order valence-electron chi connectivity index (χ4n) is 2.20. The van der Waals surface area contributed by atoms with Crippen LogP contribution in [0.5, 0.6) is 5.75 Å². The summed E-state index contributed by atoms with van der Waals surface area (Å²) in [5.74, 6) is 0.778. The molecule has 0 radical (unpaired) electrons. The summed E-state index contributed by atoms with van der Waals surface area (Å²) in [5.41, 5.74) is 0.837. The fraction of sp³-hybridized carbons (Fsp3) is 0.353. The molecule has 3 N–H and O–H groups in total.